The maximum atomic E-state index is 5.46. The van der Waals surface area contributed by atoms with Gasteiger partial charge < -0.3 is 25.0 Å². The van der Waals surface area contributed by atoms with Gasteiger partial charge in [-0.25, -0.2) is 0 Å². The standard InChI is InChI=1S/C23H41N5O2/c1-21-8-6-9-22(20-21)28-15-13-27(14-16-28)12-5-4-10-25-23(24-2)26-11-7-17-30-19-18-29-3/h6,8-9,20H,4-5,7,10-19H2,1-3H3,(H2,24,25,26). The Bertz CT molecular complexity index is 603. The summed E-state index contributed by atoms with van der Waals surface area (Å²) < 4.78 is 10.4. The quantitative estimate of drug-likeness (QED) is 0.290. The van der Waals surface area contributed by atoms with Crippen LogP contribution in [-0.4, -0.2) is 90.7 Å². The first kappa shape index (κ1) is 24.4. The fourth-order valence-corrected chi connectivity index (χ4v) is 3.57. The number of benzene rings is 1. The van der Waals surface area contributed by atoms with Crippen molar-refractivity contribution < 1.29 is 9.47 Å². The molecular weight excluding hydrogens is 378 g/mol. The zero-order chi connectivity index (χ0) is 21.4. The van der Waals surface area contributed by atoms with E-state index in [0.29, 0.717) is 13.2 Å². The number of rotatable bonds is 13. The lowest BCUT2D eigenvalue weighted by molar-refractivity contribution is 0.0698. The van der Waals surface area contributed by atoms with Gasteiger partial charge in [-0.2, -0.15) is 0 Å². The van der Waals surface area contributed by atoms with Gasteiger partial charge in [0.25, 0.3) is 0 Å². The van der Waals surface area contributed by atoms with E-state index in [1.54, 1.807) is 7.11 Å². The molecule has 1 heterocycles. The predicted molar refractivity (Wildman–Crippen MR) is 126 cm³/mol. The third-order valence-corrected chi connectivity index (χ3v) is 5.35. The van der Waals surface area contributed by atoms with Crippen molar-refractivity contribution >= 4 is 11.6 Å². The summed E-state index contributed by atoms with van der Waals surface area (Å²) >= 11 is 0. The van der Waals surface area contributed by atoms with E-state index in [4.69, 9.17) is 9.47 Å². The summed E-state index contributed by atoms with van der Waals surface area (Å²) in [6, 6.07) is 8.83. The molecule has 1 fully saturated rings. The molecule has 2 N–H and O–H groups in total. The topological polar surface area (TPSA) is 61.4 Å². The molecule has 1 aliphatic rings. The van der Waals surface area contributed by atoms with Crippen LogP contribution in [0.15, 0.2) is 29.3 Å². The SMILES string of the molecule is CN=C(NCCCCN1CCN(c2cccc(C)c2)CC1)NCCCOCCOC. The normalized spacial score (nSPS) is 15.4. The van der Waals surface area contributed by atoms with Crippen molar-refractivity contribution in [2.45, 2.75) is 26.2 Å². The van der Waals surface area contributed by atoms with E-state index in [9.17, 15) is 0 Å². The van der Waals surface area contributed by atoms with Crippen LogP contribution in [0.1, 0.15) is 24.8 Å². The Morgan fingerprint density at radius 1 is 1.00 bits per heavy atom. The van der Waals surface area contributed by atoms with E-state index in [1.165, 1.54) is 24.2 Å². The molecule has 1 saturated heterocycles. The van der Waals surface area contributed by atoms with E-state index in [-0.39, 0.29) is 0 Å². The van der Waals surface area contributed by atoms with Crippen LogP contribution >= 0.6 is 0 Å². The number of guanidine groups is 1. The molecule has 1 aromatic carbocycles. The number of methoxy groups -OCH3 is 1. The van der Waals surface area contributed by atoms with Gasteiger partial charge in [-0.05, 0) is 50.4 Å². The fraction of sp³-hybridized carbons (Fsp3) is 0.696. The molecule has 7 nitrogen and oxygen atoms in total. The van der Waals surface area contributed by atoms with Gasteiger partial charge in [-0.3, -0.25) is 9.89 Å². The number of ether oxygens (including phenoxy) is 2. The average molecular weight is 420 g/mol. The molecule has 30 heavy (non-hydrogen) atoms. The minimum absolute atomic E-state index is 0.652. The highest BCUT2D eigenvalue weighted by Gasteiger charge is 2.16. The molecular formula is C23H41N5O2. The van der Waals surface area contributed by atoms with E-state index in [2.05, 4.69) is 56.6 Å². The minimum Gasteiger partial charge on any atom is -0.382 e. The lowest BCUT2D eigenvalue weighted by Crippen LogP contribution is -2.46. The molecule has 1 aliphatic heterocycles. The molecule has 0 bridgehead atoms. The van der Waals surface area contributed by atoms with Gasteiger partial charge in [-0.15, -0.1) is 0 Å². The monoisotopic (exact) mass is 419 g/mol. The van der Waals surface area contributed by atoms with Gasteiger partial charge in [0.1, 0.15) is 0 Å². The maximum absolute atomic E-state index is 5.46. The molecule has 170 valence electrons. The van der Waals surface area contributed by atoms with E-state index in [1.807, 2.05) is 7.05 Å². The summed E-state index contributed by atoms with van der Waals surface area (Å²) in [4.78, 5) is 9.37. The van der Waals surface area contributed by atoms with Crippen LogP contribution in [0.25, 0.3) is 0 Å². The number of aliphatic imine (C=N–C) groups is 1. The summed E-state index contributed by atoms with van der Waals surface area (Å²) in [7, 11) is 3.51. The summed E-state index contributed by atoms with van der Waals surface area (Å²) in [5.74, 6) is 0.874. The van der Waals surface area contributed by atoms with Crippen LogP contribution in [0.2, 0.25) is 0 Å². The third kappa shape index (κ3) is 9.78. The molecule has 0 atom stereocenters. The Labute approximate surface area is 182 Å². The van der Waals surface area contributed by atoms with E-state index >= 15 is 0 Å². The van der Waals surface area contributed by atoms with E-state index in [0.717, 1.165) is 64.7 Å². The van der Waals surface area contributed by atoms with Crippen LogP contribution < -0.4 is 15.5 Å². The average Bonchev–Trinajstić information content (AvgIpc) is 2.77. The number of aryl methyl sites for hydroxylation is 1. The second kappa shape index (κ2) is 15.0. The van der Waals surface area contributed by atoms with Crippen LogP contribution in [0.3, 0.4) is 0 Å². The van der Waals surface area contributed by atoms with Crippen molar-refractivity contribution in [3.05, 3.63) is 29.8 Å². The molecule has 0 aromatic heterocycles. The highest BCUT2D eigenvalue weighted by Crippen LogP contribution is 2.17. The zero-order valence-electron chi connectivity index (χ0n) is 19.2. The first-order valence-electron chi connectivity index (χ1n) is 11.3. The Morgan fingerprint density at radius 3 is 2.47 bits per heavy atom. The molecule has 0 radical (unpaired) electrons. The Kier molecular flexibility index (Phi) is 12.3. The maximum Gasteiger partial charge on any atom is 0.190 e. The summed E-state index contributed by atoms with van der Waals surface area (Å²) in [6.07, 6.45) is 3.32. The van der Waals surface area contributed by atoms with Crippen LogP contribution in [-0.2, 0) is 9.47 Å². The number of unbranched alkanes of at least 4 members (excludes halogenated alkanes) is 1. The smallest absolute Gasteiger partial charge is 0.190 e. The van der Waals surface area contributed by atoms with Gasteiger partial charge in [0.15, 0.2) is 5.96 Å². The second-order valence-electron chi connectivity index (χ2n) is 7.76. The van der Waals surface area contributed by atoms with E-state index < -0.39 is 0 Å². The summed E-state index contributed by atoms with van der Waals surface area (Å²) in [6.45, 7) is 11.7. The molecule has 0 spiro atoms. The number of hydrogen-bond acceptors (Lipinski definition) is 5. The first-order chi connectivity index (χ1) is 14.7. The molecule has 0 saturated carbocycles. The second-order valence-corrected chi connectivity index (χ2v) is 7.76. The van der Waals surface area contributed by atoms with Gasteiger partial charge in [0.05, 0.1) is 13.2 Å². The summed E-state index contributed by atoms with van der Waals surface area (Å²) in [5.41, 5.74) is 2.70. The van der Waals surface area contributed by atoms with Crippen LogP contribution in [0, 0.1) is 6.92 Å². The molecule has 0 amide bonds. The zero-order valence-corrected chi connectivity index (χ0v) is 19.2. The molecule has 7 heteroatoms. The van der Waals surface area contributed by atoms with Crippen LogP contribution in [0.5, 0.6) is 0 Å². The number of hydrogen-bond donors (Lipinski definition) is 2. The van der Waals surface area contributed by atoms with Crippen molar-refractivity contribution in [1.29, 1.82) is 0 Å². The molecule has 0 aliphatic carbocycles. The number of piperazine rings is 1. The number of anilines is 1. The van der Waals surface area contributed by atoms with Gasteiger partial charge in [0, 0.05) is 65.7 Å². The highest BCUT2D eigenvalue weighted by molar-refractivity contribution is 5.79. The fourth-order valence-electron chi connectivity index (χ4n) is 3.57. The Hall–Kier alpha value is -1.83. The first-order valence-corrected chi connectivity index (χ1v) is 11.3. The lowest BCUT2D eigenvalue weighted by Gasteiger charge is -2.36. The van der Waals surface area contributed by atoms with Gasteiger partial charge in [-0.1, -0.05) is 12.1 Å². The number of nitrogens with one attached hydrogen (secondary N) is 2. The minimum atomic E-state index is 0.652. The van der Waals surface area contributed by atoms with Crippen molar-refractivity contribution in [3.63, 3.8) is 0 Å². The number of nitrogens with zero attached hydrogens (tertiary/aromatic N) is 3. The summed E-state index contributed by atoms with van der Waals surface area (Å²) in [5, 5.41) is 6.74. The van der Waals surface area contributed by atoms with Crippen LogP contribution in [0.4, 0.5) is 5.69 Å². The van der Waals surface area contributed by atoms with Crippen molar-refractivity contribution in [1.82, 2.24) is 15.5 Å². The molecule has 1 aromatic rings. The third-order valence-electron chi connectivity index (χ3n) is 5.35. The lowest BCUT2D eigenvalue weighted by atomic mass is 10.2. The van der Waals surface area contributed by atoms with Crippen molar-refractivity contribution in [3.8, 4) is 0 Å². The molecule has 2 rings (SSSR count). The Morgan fingerprint density at radius 2 is 1.77 bits per heavy atom. The Balaban J connectivity index is 1.48. The van der Waals surface area contributed by atoms with Crippen molar-refractivity contribution in [2.24, 2.45) is 4.99 Å². The van der Waals surface area contributed by atoms with Crippen molar-refractivity contribution in [2.75, 3.05) is 84.7 Å². The molecule has 0 unspecified atom stereocenters. The van der Waals surface area contributed by atoms with Gasteiger partial charge in [0.2, 0.25) is 0 Å². The predicted octanol–water partition coefficient (Wildman–Crippen LogP) is 2.12. The van der Waals surface area contributed by atoms with Gasteiger partial charge >= 0.3 is 0 Å². The highest BCUT2D eigenvalue weighted by atomic mass is 16.5. The largest absolute Gasteiger partial charge is 0.382 e.